The molecular weight excluding hydrogens is 398 g/mol. The molecule has 0 fully saturated rings. The highest BCUT2D eigenvalue weighted by atomic mass is 32.2. The van der Waals surface area contributed by atoms with Crippen molar-refractivity contribution in [2.75, 3.05) is 24.8 Å². The molecule has 140 valence electrons. The number of nitrogens with one attached hydrogen (secondary N) is 1. The number of benzene rings is 2. The number of aromatic nitrogens is 2. The summed E-state index contributed by atoms with van der Waals surface area (Å²) in [7, 11) is 1.67. The molecule has 0 saturated heterocycles. The van der Waals surface area contributed by atoms with Crippen LogP contribution in [0.5, 0.6) is 0 Å². The lowest BCUT2D eigenvalue weighted by Gasteiger charge is -2.08. The molecule has 0 spiro atoms. The van der Waals surface area contributed by atoms with E-state index in [2.05, 4.69) is 27.6 Å². The van der Waals surface area contributed by atoms with Crippen molar-refractivity contribution in [3.8, 4) is 0 Å². The Balaban J connectivity index is 1.59. The van der Waals surface area contributed by atoms with Gasteiger partial charge in [0.1, 0.15) is 5.01 Å². The van der Waals surface area contributed by atoms with Crippen LogP contribution in [0.25, 0.3) is 0 Å². The minimum atomic E-state index is -0.172. The summed E-state index contributed by atoms with van der Waals surface area (Å²) < 4.78 is 5.08. The molecule has 0 aliphatic carbocycles. The predicted molar refractivity (Wildman–Crippen MR) is 113 cm³/mol. The maximum Gasteiger partial charge on any atom is 0.258 e. The normalized spacial score (nSPS) is 10.7. The van der Waals surface area contributed by atoms with Crippen LogP contribution in [-0.4, -0.2) is 35.6 Å². The number of hydrogen-bond donors (Lipinski definition) is 1. The van der Waals surface area contributed by atoms with Crippen molar-refractivity contribution in [2.45, 2.75) is 15.5 Å². The highest BCUT2D eigenvalue weighted by Gasteiger charge is 2.14. The average Bonchev–Trinajstić information content (AvgIpc) is 3.15. The molecule has 0 aliphatic rings. The Labute approximate surface area is 170 Å². The lowest BCUT2D eigenvalue weighted by atomic mass is 10.2. The molecule has 1 amide bonds. The highest BCUT2D eigenvalue weighted by molar-refractivity contribution is 7.99. The third kappa shape index (κ3) is 6.07. The Kier molecular flexibility index (Phi) is 7.70. The van der Waals surface area contributed by atoms with Gasteiger partial charge in [-0.15, -0.1) is 33.7 Å². The van der Waals surface area contributed by atoms with Gasteiger partial charge in [0.05, 0.1) is 17.9 Å². The smallest absolute Gasteiger partial charge is 0.258 e. The van der Waals surface area contributed by atoms with E-state index in [1.54, 1.807) is 30.6 Å². The zero-order chi connectivity index (χ0) is 18.9. The van der Waals surface area contributed by atoms with E-state index in [-0.39, 0.29) is 5.91 Å². The number of carbonyl (C=O) groups is 1. The quantitative estimate of drug-likeness (QED) is 0.398. The van der Waals surface area contributed by atoms with Crippen LogP contribution in [0.4, 0.5) is 5.13 Å². The molecule has 0 aliphatic heterocycles. The monoisotopic (exact) mass is 417 g/mol. The van der Waals surface area contributed by atoms with Gasteiger partial charge >= 0.3 is 0 Å². The molecule has 5 nitrogen and oxygen atoms in total. The van der Waals surface area contributed by atoms with Gasteiger partial charge in [0, 0.05) is 22.7 Å². The van der Waals surface area contributed by atoms with E-state index in [1.807, 2.05) is 42.5 Å². The SMILES string of the molecule is COCCSc1ccccc1C(=O)Nc1nnc(CSc2ccccc2)s1. The largest absolute Gasteiger partial charge is 0.384 e. The first-order valence-electron chi connectivity index (χ1n) is 8.28. The van der Waals surface area contributed by atoms with Crippen molar-refractivity contribution in [3.05, 3.63) is 65.2 Å². The van der Waals surface area contributed by atoms with E-state index in [1.165, 1.54) is 16.2 Å². The van der Waals surface area contributed by atoms with E-state index in [4.69, 9.17) is 4.74 Å². The standard InChI is InChI=1S/C19H19N3O2S3/c1-24-11-12-25-16-10-6-5-9-15(16)18(23)20-19-22-21-17(27-19)13-26-14-7-3-2-4-8-14/h2-10H,11-13H2,1H3,(H,20,22,23). The summed E-state index contributed by atoms with van der Waals surface area (Å²) >= 11 is 4.70. The van der Waals surface area contributed by atoms with Gasteiger partial charge in [-0.1, -0.05) is 41.7 Å². The Morgan fingerprint density at radius 3 is 2.67 bits per heavy atom. The number of methoxy groups -OCH3 is 1. The highest BCUT2D eigenvalue weighted by Crippen LogP contribution is 2.27. The van der Waals surface area contributed by atoms with Crippen LogP contribution in [0.15, 0.2) is 64.4 Å². The van der Waals surface area contributed by atoms with Crippen LogP contribution in [0.3, 0.4) is 0 Å². The first kappa shape index (κ1) is 19.9. The molecule has 1 aromatic heterocycles. The number of amides is 1. The van der Waals surface area contributed by atoms with Crippen LogP contribution < -0.4 is 5.32 Å². The summed E-state index contributed by atoms with van der Waals surface area (Å²) in [6.45, 7) is 0.638. The summed E-state index contributed by atoms with van der Waals surface area (Å²) in [4.78, 5) is 14.7. The minimum Gasteiger partial charge on any atom is -0.384 e. The van der Waals surface area contributed by atoms with Crippen molar-refractivity contribution < 1.29 is 9.53 Å². The van der Waals surface area contributed by atoms with Gasteiger partial charge in [0.25, 0.3) is 5.91 Å². The van der Waals surface area contributed by atoms with E-state index in [0.29, 0.717) is 17.3 Å². The van der Waals surface area contributed by atoms with Crippen LogP contribution in [0.2, 0.25) is 0 Å². The first-order chi connectivity index (χ1) is 13.3. The number of anilines is 1. The molecule has 3 aromatic rings. The molecule has 8 heteroatoms. The number of hydrogen-bond acceptors (Lipinski definition) is 7. The summed E-state index contributed by atoms with van der Waals surface area (Å²) in [5.74, 6) is 1.34. The topological polar surface area (TPSA) is 64.1 Å². The van der Waals surface area contributed by atoms with E-state index < -0.39 is 0 Å². The molecule has 1 heterocycles. The maximum absolute atomic E-state index is 12.6. The van der Waals surface area contributed by atoms with Crippen LogP contribution in [0, 0.1) is 0 Å². The number of nitrogens with zero attached hydrogens (tertiary/aromatic N) is 2. The summed E-state index contributed by atoms with van der Waals surface area (Å²) in [6.07, 6.45) is 0. The molecule has 27 heavy (non-hydrogen) atoms. The van der Waals surface area contributed by atoms with Gasteiger partial charge in [0.2, 0.25) is 5.13 Å². The number of rotatable bonds is 9. The van der Waals surface area contributed by atoms with Gasteiger partial charge < -0.3 is 4.74 Å². The maximum atomic E-state index is 12.6. The van der Waals surface area contributed by atoms with Crippen LogP contribution in [-0.2, 0) is 10.5 Å². The lowest BCUT2D eigenvalue weighted by Crippen LogP contribution is -2.13. The minimum absolute atomic E-state index is 0.172. The van der Waals surface area contributed by atoms with Crippen molar-refractivity contribution >= 4 is 45.9 Å². The zero-order valence-corrected chi connectivity index (χ0v) is 17.2. The van der Waals surface area contributed by atoms with E-state index in [9.17, 15) is 4.79 Å². The van der Waals surface area contributed by atoms with Gasteiger partial charge in [-0.05, 0) is 24.3 Å². The fourth-order valence-electron chi connectivity index (χ4n) is 2.20. The predicted octanol–water partition coefficient (Wildman–Crippen LogP) is 4.82. The molecular formula is C19H19N3O2S3. The molecule has 0 atom stereocenters. The van der Waals surface area contributed by atoms with Crippen molar-refractivity contribution in [1.82, 2.24) is 10.2 Å². The molecule has 2 aromatic carbocycles. The fourth-order valence-corrected chi connectivity index (χ4v) is 4.80. The van der Waals surface area contributed by atoms with Gasteiger partial charge in [0.15, 0.2) is 0 Å². The lowest BCUT2D eigenvalue weighted by molar-refractivity contribution is 0.102. The Morgan fingerprint density at radius 2 is 1.85 bits per heavy atom. The molecule has 3 rings (SSSR count). The van der Waals surface area contributed by atoms with Crippen molar-refractivity contribution in [1.29, 1.82) is 0 Å². The second-order valence-electron chi connectivity index (χ2n) is 5.39. The third-order valence-corrected chi connectivity index (χ3v) is 6.55. The fraction of sp³-hybridized carbons (Fsp3) is 0.211. The Bertz CT molecular complexity index is 871. The van der Waals surface area contributed by atoms with Gasteiger partial charge in [-0.2, -0.15) is 0 Å². The first-order valence-corrected chi connectivity index (χ1v) is 11.1. The summed E-state index contributed by atoms with van der Waals surface area (Å²) in [6, 6.07) is 17.7. The number of thioether (sulfide) groups is 2. The average molecular weight is 418 g/mol. The summed E-state index contributed by atoms with van der Waals surface area (Å²) in [5.41, 5.74) is 0.633. The Hall–Kier alpha value is -1.87. The molecule has 0 bridgehead atoms. The molecule has 0 saturated carbocycles. The van der Waals surface area contributed by atoms with Crippen molar-refractivity contribution in [3.63, 3.8) is 0 Å². The van der Waals surface area contributed by atoms with Gasteiger partial charge in [-0.25, -0.2) is 0 Å². The molecule has 0 unspecified atom stereocenters. The Morgan fingerprint density at radius 1 is 1.07 bits per heavy atom. The number of carbonyl (C=O) groups excluding carboxylic acids is 1. The number of ether oxygens (including phenoxy) is 1. The van der Waals surface area contributed by atoms with Crippen LogP contribution >= 0.6 is 34.9 Å². The molecule has 0 radical (unpaired) electrons. The van der Waals surface area contributed by atoms with Crippen molar-refractivity contribution in [2.24, 2.45) is 0 Å². The van der Waals surface area contributed by atoms with E-state index >= 15 is 0 Å². The third-order valence-electron chi connectivity index (χ3n) is 3.47. The second-order valence-corrected chi connectivity index (χ2v) is 8.64. The van der Waals surface area contributed by atoms with E-state index in [0.717, 1.165) is 21.4 Å². The second kappa shape index (κ2) is 10.5. The zero-order valence-electron chi connectivity index (χ0n) is 14.8. The van der Waals surface area contributed by atoms with Crippen LogP contribution in [0.1, 0.15) is 15.4 Å². The molecule has 1 N–H and O–H groups in total. The summed E-state index contributed by atoms with van der Waals surface area (Å²) in [5, 5.41) is 12.5. The van der Waals surface area contributed by atoms with Gasteiger partial charge in [-0.3, -0.25) is 10.1 Å².